The van der Waals surface area contributed by atoms with Gasteiger partial charge in [0.1, 0.15) is 5.82 Å². The number of nitrogens with one attached hydrogen (secondary N) is 1. The first-order valence-corrected chi connectivity index (χ1v) is 5.86. The Morgan fingerprint density at radius 3 is 2.94 bits per heavy atom. The molecule has 0 bridgehead atoms. The highest BCUT2D eigenvalue weighted by Gasteiger charge is 2.13. The zero-order valence-electron chi connectivity index (χ0n) is 9.79. The van der Waals surface area contributed by atoms with Gasteiger partial charge in [0, 0.05) is 12.1 Å². The largest absolute Gasteiger partial charge is 0.330 e. The Hall–Kier alpha value is -1.06. The average Bonchev–Trinajstić information content (AvgIpc) is 2.57. The number of aryl methyl sites for hydroxylation is 1. The molecule has 1 unspecified atom stereocenters. The summed E-state index contributed by atoms with van der Waals surface area (Å²) in [4.78, 5) is 4.61. The van der Waals surface area contributed by atoms with E-state index in [2.05, 4.69) is 28.7 Å². The van der Waals surface area contributed by atoms with Gasteiger partial charge in [0.15, 0.2) is 0 Å². The number of rotatable bonds is 3. The lowest BCUT2D eigenvalue weighted by Crippen LogP contribution is -2.20. The van der Waals surface area contributed by atoms with Crippen molar-refractivity contribution in [3.05, 3.63) is 29.0 Å². The topological polar surface area (TPSA) is 29.9 Å². The molecule has 0 radical (unpaired) electrons. The molecule has 0 saturated heterocycles. The van der Waals surface area contributed by atoms with Crippen molar-refractivity contribution in [2.45, 2.75) is 19.9 Å². The molecule has 1 heterocycles. The van der Waals surface area contributed by atoms with Gasteiger partial charge in [-0.05, 0) is 31.7 Å². The number of hydrogen-bond acceptors (Lipinski definition) is 2. The standard InChI is InChI=1S/C12H16ClN3/c1-4-14-8(2)12-15-10-6-5-9(13)7-11(10)16(12)3/h5-8,14H,4H2,1-3H3. The van der Waals surface area contributed by atoms with Gasteiger partial charge in [-0.1, -0.05) is 18.5 Å². The van der Waals surface area contributed by atoms with E-state index in [4.69, 9.17) is 11.6 Å². The third-order valence-electron chi connectivity index (χ3n) is 2.78. The number of aromatic nitrogens is 2. The first kappa shape index (κ1) is 11.4. The van der Waals surface area contributed by atoms with Gasteiger partial charge in [0.05, 0.1) is 17.1 Å². The van der Waals surface area contributed by atoms with Gasteiger partial charge in [0.2, 0.25) is 0 Å². The summed E-state index contributed by atoms with van der Waals surface area (Å²) in [5.74, 6) is 1.04. The molecule has 1 aromatic heterocycles. The minimum Gasteiger partial charge on any atom is -0.330 e. The first-order valence-electron chi connectivity index (χ1n) is 5.48. The van der Waals surface area contributed by atoms with E-state index in [0.29, 0.717) is 0 Å². The molecule has 0 aliphatic rings. The fraction of sp³-hybridized carbons (Fsp3) is 0.417. The van der Waals surface area contributed by atoms with E-state index in [1.807, 2.05) is 25.2 Å². The van der Waals surface area contributed by atoms with Crippen molar-refractivity contribution in [3.63, 3.8) is 0 Å². The van der Waals surface area contributed by atoms with E-state index in [0.717, 1.165) is 28.4 Å². The number of halogens is 1. The number of fused-ring (bicyclic) bond motifs is 1. The van der Waals surface area contributed by atoms with Crippen molar-refractivity contribution in [2.75, 3.05) is 6.54 Å². The Morgan fingerprint density at radius 1 is 1.50 bits per heavy atom. The van der Waals surface area contributed by atoms with Crippen LogP contribution < -0.4 is 5.32 Å². The Bertz CT molecular complexity index is 504. The zero-order valence-corrected chi connectivity index (χ0v) is 10.5. The first-order chi connectivity index (χ1) is 7.63. The molecule has 0 spiro atoms. The number of imidazole rings is 1. The third kappa shape index (κ3) is 1.93. The van der Waals surface area contributed by atoms with Gasteiger partial charge in [-0.15, -0.1) is 0 Å². The summed E-state index contributed by atoms with van der Waals surface area (Å²) in [6, 6.07) is 6.03. The number of hydrogen-bond donors (Lipinski definition) is 1. The maximum absolute atomic E-state index is 5.98. The van der Waals surface area contributed by atoms with Gasteiger partial charge < -0.3 is 9.88 Å². The summed E-state index contributed by atoms with van der Waals surface area (Å²) in [7, 11) is 2.02. The van der Waals surface area contributed by atoms with Crippen molar-refractivity contribution in [3.8, 4) is 0 Å². The lowest BCUT2D eigenvalue weighted by molar-refractivity contribution is 0.551. The quantitative estimate of drug-likeness (QED) is 0.890. The van der Waals surface area contributed by atoms with Crippen LogP contribution in [0.4, 0.5) is 0 Å². The van der Waals surface area contributed by atoms with Gasteiger partial charge in [-0.3, -0.25) is 0 Å². The predicted molar refractivity (Wildman–Crippen MR) is 67.8 cm³/mol. The van der Waals surface area contributed by atoms with Gasteiger partial charge in [0.25, 0.3) is 0 Å². The maximum atomic E-state index is 5.98. The van der Waals surface area contributed by atoms with Crippen LogP contribution in [0.25, 0.3) is 11.0 Å². The summed E-state index contributed by atoms with van der Waals surface area (Å²) < 4.78 is 2.09. The van der Waals surface area contributed by atoms with Crippen molar-refractivity contribution in [2.24, 2.45) is 7.05 Å². The highest BCUT2D eigenvalue weighted by Crippen LogP contribution is 2.22. The van der Waals surface area contributed by atoms with Crippen LogP contribution in [-0.2, 0) is 7.05 Å². The van der Waals surface area contributed by atoms with Gasteiger partial charge >= 0.3 is 0 Å². The van der Waals surface area contributed by atoms with Crippen LogP contribution in [0, 0.1) is 0 Å². The molecule has 3 nitrogen and oxygen atoms in total. The Kier molecular flexibility index (Phi) is 3.17. The van der Waals surface area contributed by atoms with E-state index in [1.54, 1.807) is 0 Å². The third-order valence-corrected chi connectivity index (χ3v) is 3.01. The van der Waals surface area contributed by atoms with Crippen molar-refractivity contribution < 1.29 is 0 Å². The fourth-order valence-electron chi connectivity index (χ4n) is 1.97. The summed E-state index contributed by atoms with van der Waals surface area (Å²) >= 11 is 5.98. The molecule has 0 fully saturated rings. The second kappa shape index (κ2) is 4.44. The highest BCUT2D eigenvalue weighted by atomic mass is 35.5. The minimum atomic E-state index is 0.251. The Labute approximate surface area is 100 Å². The van der Waals surface area contributed by atoms with Crippen molar-refractivity contribution >= 4 is 22.6 Å². The van der Waals surface area contributed by atoms with E-state index >= 15 is 0 Å². The summed E-state index contributed by atoms with van der Waals surface area (Å²) in [5.41, 5.74) is 2.07. The van der Waals surface area contributed by atoms with E-state index in [9.17, 15) is 0 Å². The minimum absolute atomic E-state index is 0.251. The van der Waals surface area contributed by atoms with E-state index in [-0.39, 0.29) is 6.04 Å². The average molecular weight is 238 g/mol. The van der Waals surface area contributed by atoms with Crippen molar-refractivity contribution in [1.82, 2.24) is 14.9 Å². The normalized spacial score (nSPS) is 13.2. The molecule has 1 N–H and O–H groups in total. The summed E-state index contributed by atoms with van der Waals surface area (Å²) in [6.07, 6.45) is 0. The van der Waals surface area contributed by atoms with Gasteiger partial charge in [-0.25, -0.2) is 4.98 Å². The second-order valence-electron chi connectivity index (χ2n) is 3.94. The zero-order chi connectivity index (χ0) is 11.7. The predicted octanol–water partition coefficient (Wildman–Crippen LogP) is 2.90. The van der Waals surface area contributed by atoms with Crippen LogP contribution in [0.3, 0.4) is 0 Å². The molecular formula is C12H16ClN3. The van der Waals surface area contributed by atoms with Crippen LogP contribution in [0.5, 0.6) is 0 Å². The molecule has 0 amide bonds. The maximum Gasteiger partial charge on any atom is 0.126 e. The molecule has 4 heteroatoms. The van der Waals surface area contributed by atoms with Crippen LogP contribution in [0.2, 0.25) is 5.02 Å². The molecule has 1 aromatic carbocycles. The van der Waals surface area contributed by atoms with E-state index < -0.39 is 0 Å². The van der Waals surface area contributed by atoms with Crippen LogP contribution in [0.15, 0.2) is 18.2 Å². The Balaban J connectivity index is 2.51. The number of nitrogens with zero attached hydrogens (tertiary/aromatic N) is 2. The molecular weight excluding hydrogens is 222 g/mol. The molecule has 2 aromatic rings. The smallest absolute Gasteiger partial charge is 0.126 e. The Morgan fingerprint density at radius 2 is 2.25 bits per heavy atom. The SMILES string of the molecule is CCNC(C)c1nc2ccc(Cl)cc2n1C. The van der Waals surface area contributed by atoms with E-state index in [1.165, 1.54) is 0 Å². The molecule has 0 aliphatic heterocycles. The monoisotopic (exact) mass is 237 g/mol. The summed E-state index contributed by atoms with van der Waals surface area (Å²) in [6.45, 7) is 5.15. The molecule has 86 valence electrons. The molecule has 0 saturated carbocycles. The van der Waals surface area contributed by atoms with Gasteiger partial charge in [-0.2, -0.15) is 0 Å². The number of benzene rings is 1. The van der Waals surface area contributed by atoms with Crippen LogP contribution in [-0.4, -0.2) is 16.1 Å². The molecule has 0 aliphatic carbocycles. The molecule has 1 atom stereocenters. The van der Waals surface area contributed by atoms with Crippen molar-refractivity contribution in [1.29, 1.82) is 0 Å². The summed E-state index contributed by atoms with van der Waals surface area (Å²) in [5, 5.41) is 4.11. The lowest BCUT2D eigenvalue weighted by Gasteiger charge is -2.11. The molecule has 2 rings (SSSR count). The second-order valence-corrected chi connectivity index (χ2v) is 4.38. The van der Waals surface area contributed by atoms with Crippen LogP contribution >= 0.6 is 11.6 Å². The highest BCUT2D eigenvalue weighted by molar-refractivity contribution is 6.31. The fourth-order valence-corrected chi connectivity index (χ4v) is 2.13. The van der Waals surface area contributed by atoms with Crippen LogP contribution in [0.1, 0.15) is 25.7 Å². The molecule has 16 heavy (non-hydrogen) atoms. The lowest BCUT2D eigenvalue weighted by atomic mass is 10.3.